The van der Waals surface area contributed by atoms with Crippen molar-refractivity contribution >= 4 is 49.9 Å². The smallest absolute Gasteiger partial charge is 0.229 e. The highest BCUT2D eigenvalue weighted by molar-refractivity contribution is 14.1. The molecule has 0 bridgehead atoms. The molecular formula is C10H7IN2O. The lowest BCUT2D eigenvalue weighted by Crippen LogP contribution is -1.75. The van der Waals surface area contributed by atoms with E-state index < -0.39 is 0 Å². The number of hydrogen-bond donors (Lipinski definition) is 1. The van der Waals surface area contributed by atoms with Gasteiger partial charge in [-0.2, -0.15) is 0 Å². The highest BCUT2D eigenvalue weighted by Crippen LogP contribution is 2.30. The van der Waals surface area contributed by atoms with Crippen molar-refractivity contribution in [1.82, 2.24) is 0 Å². The van der Waals surface area contributed by atoms with E-state index in [-0.39, 0.29) is 0 Å². The molecule has 14 heavy (non-hydrogen) atoms. The molecule has 1 aromatic heterocycles. The van der Waals surface area contributed by atoms with Crippen LogP contribution < -0.4 is 0 Å². The van der Waals surface area contributed by atoms with Gasteiger partial charge in [-0.05, 0) is 28.7 Å². The number of nitrogens with zero attached hydrogens (tertiary/aromatic N) is 1. The second-order valence-corrected chi connectivity index (χ2v) is 3.25. The normalized spacial score (nSPS) is 11.2. The van der Waals surface area contributed by atoms with Gasteiger partial charge in [-0.25, -0.2) is 4.99 Å². The molecule has 0 saturated carbocycles. The number of benzene rings is 1. The minimum atomic E-state index is 0.496. The molecule has 1 N–H and O–H groups in total. The van der Waals surface area contributed by atoms with Crippen molar-refractivity contribution in [2.24, 2.45) is 4.99 Å². The third kappa shape index (κ3) is 1.45. The Labute approximate surface area is 94.5 Å². The molecule has 0 aliphatic carbocycles. The Morgan fingerprint density at radius 1 is 1.36 bits per heavy atom. The van der Waals surface area contributed by atoms with E-state index in [0.29, 0.717) is 5.88 Å². The number of para-hydroxylation sites is 1. The average molecular weight is 298 g/mol. The molecule has 0 aliphatic rings. The summed E-state index contributed by atoms with van der Waals surface area (Å²) < 4.78 is 7.10. The van der Waals surface area contributed by atoms with Crippen LogP contribution in [-0.4, -0.2) is 10.4 Å². The van der Waals surface area contributed by atoms with Gasteiger partial charge in [-0.3, -0.25) is 0 Å². The second kappa shape index (κ2) is 3.91. The maximum absolute atomic E-state index is 7.30. The molecular weight excluding hydrogens is 291 g/mol. The summed E-state index contributed by atoms with van der Waals surface area (Å²) in [6.45, 7) is 0. The third-order valence-electron chi connectivity index (χ3n) is 1.92. The fourth-order valence-electron chi connectivity index (χ4n) is 1.33. The number of fused-ring (bicyclic) bond motifs is 1. The maximum Gasteiger partial charge on any atom is 0.229 e. The summed E-state index contributed by atoms with van der Waals surface area (Å²) in [5, 5.41) is 8.23. The predicted octanol–water partition coefficient (Wildman–Crippen LogP) is 3.53. The van der Waals surface area contributed by atoms with Gasteiger partial charge < -0.3 is 9.83 Å². The number of nitrogens with one attached hydrogen (secondary N) is 1. The van der Waals surface area contributed by atoms with Gasteiger partial charge in [0.25, 0.3) is 0 Å². The Balaban J connectivity index is 2.78. The highest BCUT2D eigenvalue weighted by atomic mass is 127. The molecule has 1 heterocycles. The molecule has 2 rings (SSSR count). The Hall–Kier alpha value is -1.17. The van der Waals surface area contributed by atoms with Gasteiger partial charge in [0.1, 0.15) is 5.58 Å². The van der Waals surface area contributed by atoms with Gasteiger partial charge in [-0.15, -0.1) is 0 Å². The minimum Gasteiger partial charge on any atom is -0.438 e. The Morgan fingerprint density at radius 2 is 2.14 bits per heavy atom. The van der Waals surface area contributed by atoms with Crippen molar-refractivity contribution in [2.45, 2.75) is 0 Å². The highest BCUT2D eigenvalue weighted by Gasteiger charge is 2.09. The van der Waals surface area contributed by atoms with E-state index in [1.165, 1.54) is 6.21 Å². The van der Waals surface area contributed by atoms with Crippen LogP contribution in [0.4, 0.5) is 5.88 Å². The SMILES string of the molecule is N=Cc1c(N=CI)oc2ccccc12. The average Bonchev–Trinajstić information content (AvgIpc) is 2.55. The quantitative estimate of drug-likeness (QED) is 0.669. The molecule has 0 radical (unpaired) electrons. The molecule has 70 valence electrons. The van der Waals surface area contributed by atoms with Crippen molar-refractivity contribution in [3.63, 3.8) is 0 Å². The zero-order valence-corrected chi connectivity index (χ0v) is 9.36. The van der Waals surface area contributed by atoms with Crippen molar-refractivity contribution < 1.29 is 4.42 Å². The topological polar surface area (TPSA) is 49.4 Å². The van der Waals surface area contributed by atoms with Crippen LogP contribution in [0.25, 0.3) is 11.0 Å². The van der Waals surface area contributed by atoms with Crippen molar-refractivity contribution in [1.29, 1.82) is 5.41 Å². The van der Waals surface area contributed by atoms with E-state index in [0.717, 1.165) is 16.5 Å². The summed E-state index contributed by atoms with van der Waals surface area (Å²) >= 11 is 2.02. The summed E-state index contributed by atoms with van der Waals surface area (Å²) in [5.74, 6) is 0.496. The summed E-state index contributed by atoms with van der Waals surface area (Å²) in [6, 6.07) is 7.61. The lowest BCUT2D eigenvalue weighted by molar-refractivity contribution is 0.626. The minimum absolute atomic E-state index is 0.496. The second-order valence-electron chi connectivity index (χ2n) is 2.69. The van der Waals surface area contributed by atoms with E-state index >= 15 is 0 Å². The monoisotopic (exact) mass is 298 g/mol. The number of furan rings is 1. The molecule has 0 fully saturated rings. The van der Waals surface area contributed by atoms with Crippen molar-refractivity contribution in [3.8, 4) is 0 Å². The lowest BCUT2D eigenvalue weighted by atomic mass is 10.2. The van der Waals surface area contributed by atoms with Gasteiger partial charge in [0.05, 0.1) is 9.78 Å². The van der Waals surface area contributed by atoms with E-state index in [1.807, 2.05) is 46.9 Å². The Kier molecular flexibility index (Phi) is 2.62. The van der Waals surface area contributed by atoms with Crippen LogP contribution >= 0.6 is 22.6 Å². The van der Waals surface area contributed by atoms with Crippen molar-refractivity contribution in [2.75, 3.05) is 0 Å². The van der Waals surface area contributed by atoms with E-state index in [9.17, 15) is 0 Å². The van der Waals surface area contributed by atoms with Crippen LogP contribution in [0.2, 0.25) is 0 Å². The molecule has 3 nitrogen and oxygen atoms in total. The van der Waals surface area contributed by atoms with Gasteiger partial charge >= 0.3 is 0 Å². The fourth-order valence-corrected chi connectivity index (χ4v) is 1.59. The molecule has 0 aliphatic heterocycles. The van der Waals surface area contributed by atoms with Crippen LogP contribution in [0.3, 0.4) is 0 Å². The summed E-state index contributed by atoms with van der Waals surface area (Å²) in [7, 11) is 0. The Bertz CT molecular complexity index is 502. The van der Waals surface area contributed by atoms with Gasteiger partial charge in [0.2, 0.25) is 5.88 Å². The molecule has 2 aromatic rings. The largest absolute Gasteiger partial charge is 0.438 e. The fraction of sp³-hybridized carbons (Fsp3) is 0. The van der Waals surface area contributed by atoms with Crippen LogP contribution in [0.15, 0.2) is 33.7 Å². The number of hydrogen-bond acceptors (Lipinski definition) is 3. The third-order valence-corrected chi connectivity index (χ3v) is 2.20. The molecule has 0 amide bonds. The van der Waals surface area contributed by atoms with Gasteiger partial charge in [0.15, 0.2) is 0 Å². The summed E-state index contributed by atoms with van der Waals surface area (Å²) in [4.78, 5) is 4.06. The summed E-state index contributed by atoms with van der Waals surface area (Å²) in [6.07, 6.45) is 1.27. The van der Waals surface area contributed by atoms with Crippen LogP contribution in [-0.2, 0) is 0 Å². The lowest BCUT2D eigenvalue weighted by Gasteiger charge is -1.86. The number of aliphatic imine (C=N–C) groups is 1. The first-order chi connectivity index (χ1) is 6.86. The maximum atomic E-state index is 7.30. The summed E-state index contributed by atoms with van der Waals surface area (Å²) in [5.41, 5.74) is 1.50. The van der Waals surface area contributed by atoms with Crippen LogP contribution in [0.1, 0.15) is 5.56 Å². The first-order valence-electron chi connectivity index (χ1n) is 4.01. The predicted molar refractivity (Wildman–Crippen MR) is 66.3 cm³/mol. The van der Waals surface area contributed by atoms with Gasteiger partial charge in [-0.1, -0.05) is 18.2 Å². The van der Waals surface area contributed by atoms with E-state index in [2.05, 4.69) is 4.99 Å². The number of halogens is 1. The first kappa shape index (κ1) is 9.39. The standard InChI is InChI=1S/C10H7IN2O/c11-6-13-10-8(5-12)7-3-1-2-4-9(7)14-10/h1-6,12H. The molecule has 4 heteroatoms. The van der Waals surface area contributed by atoms with E-state index in [4.69, 9.17) is 9.83 Å². The molecule has 0 saturated heterocycles. The molecule has 1 aromatic carbocycles. The van der Waals surface area contributed by atoms with Crippen LogP contribution in [0, 0.1) is 5.41 Å². The van der Waals surface area contributed by atoms with Crippen LogP contribution in [0.5, 0.6) is 0 Å². The zero-order valence-electron chi connectivity index (χ0n) is 7.20. The van der Waals surface area contributed by atoms with E-state index in [1.54, 1.807) is 4.22 Å². The molecule has 0 unspecified atom stereocenters. The zero-order chi connectivity index (χ0) is 9.97. The molecule has 0 spiro atoms. The number of rotatable bonds is 2. The Morgan fingerprint density at radius 3 is 2.86 bits per heavy atom. The van der Waals surface area contributed by atoms with Gasteiger partial charge in [0, 0.05) is 11.6 Å². The van der Waals surface area contributed by atoms with Crippen molar-refractivity contribution in [3.05, 3.63) is 29.8 Å². The molecule has 0 atom stereocenters. The first-order valence-corrected chi connectivity index (χ1v) is 5.26.